The quantitative estimate of drug-likeness (QED) is 0.575. The predicted octanol–water partition coefficient (Wildman–Crippen LogP) is 6.17. The lowest BCUT2D eigenvalue weighted by atomic mass is 10.1. The predicted molar refractivity (Wildman–Crippen MR) is 97.5 cm³/mol. The summed E-state index contributed by atoms with van der Waals surface area (Å²) in [7, 11) is 0. The van der Waals surface area contributed by atoms with Gasteiger partial charge in [0.1, 0.15) is 0 Å². The van der Waals surface area contributed by atoms with E-state index >= 15 is 0 Å². The van der Waals surface area contributed by atoms with Crippen molar-refractivity contribution < 1.29 is 0 Å². The molecule has 0 amide bonds. The number of rotatable bonds is 6. The van der Waals surface area contributed by atoms with Gasteiger partial charge >= 0.3 is 0 Å². The topological polar surface area (TPSA) is 3.24 Å². The van der Waals surface area contributed by atoms with Crippen LogP contribution in [0, 0.1) is 6.92 Å². The highest BCUT2D eigenvalue weighted by molar-refractivity contribution is 5.70. The Hall–Kier alpha value is -2.54. The van der Waals surface area contributed by atoms with Gasteiger partial charge < -0.3 is 4.90 Å². The average Bonchev–Trinajstić information content (AvgIpc) is 2.55. The fourth-order valence-electron chi connectivity index (χ4n) is 2.28. The summed E-state index contributed by atoms with van der Waals surface area (Å²) in [5.41, 5.74) is 4.65. The summed E-state index contributed by atoms with van der Waals surface area (Å²) < 4.78 is 0. The minimum Gasteiger partial charge on any atom is -0.311 e. The molecule has 0 atom stereocenters. The Morgan fingerprint density at radius 1 is 1.00 bits per heavy atom. The number of aryl methyl sites for hydroxylation is 1. The molecule has 0 saturated carbocycles. The van der Waals surface area contributed by atoms with E-state index in [0.29, 0.717) is 0 Å². The van der Waals surface area contributed by atoms with E-state index in [0.717, 1.165) is 23.5 Å². The van der Waals surface area contributed by atoms with E-state index < -0.39 is 0 Å². The van der Waals surface area contributed by atoms with Gasteiger partial charge in [0.2, 0.25) is 0 Å². The Balaban J connectivity index is 2.54. The zero-order chi connectivity index (χ0) is 15.8. The molecule has 0 unspecified atom stereocenters. The molecule has 0 N–H and O–H groups in total. The largest absolute Gasteiger partial charge is 0.311 e. The number of nitrogens with zero attached hydrogens (tertiary/aromatic N) is 1. The number of hydrogen-bond acceptors (Lipinski definition) is 1. The first-order valence-corrected chi connectivity index (χ1v) is 7.67. The molecule has 2 aromatic carbocycles. The van der Waals surface area contributed by atoms with Crippen molar-refractivity contribution in [2.24, 2.45) is 0 Å². The van der Waals surface area contributed by atoms with Crippen LogP contribution in [-0.4, -0.2) is 0 Å². The van der Waals surface area contributed by atoms with Crippen LogP contribution in [0.5, 0.6) is 0 Å². The van der Waals surface area contributed by atoms with Crippen molar-refractivity contribution in [2.75, 3.05) is 4.90 Å². The molecule has 0 aliphatic heterocycles. The highest BCUT2D eigenvalue weighted by Crippen LogP contribution is 2.30. The summed E-state index contributed by atoms with van der Waals surface area (Å²) in [6.07, 6.45) is 9.19. The zero-order valence-electron chi connectivity index (χ0n) is 13.4. The van der Waals surface area contributed by atoms with Crippen molar-refractivity contribution in [2.45, 2.75) is 20.3 Å². The van der Waals surface area contributed by atoms with Gasteiger partial charge in [0.15, 0.2) is 0 Å². The third kappa shape index (κ3) is 3.98. The van der Waals surface area contributed by atoms with Gasteiger partial charge in [-0.3, -0.25) is 0 Å². The summed E-state index contributed by atoms with van der Waals surface area (Å²) in [5.74, 6) is 0. The summed E-state index contributed by atoms with van der Waals surface area (Å²) in [5, 5.41) is 0. The molecule has 0 spiro atoms. The second kappa shape index (κ2) is 8.04. The van der Waals surface area contributed by atoms with Crippen LogP contribution in [-0.2, 0) is 0 Å². The van der Waals surface area contributed by atoms with Gasteiger partial charge in [0, 0.05) is 17.1 Å². The Morgan fingerprint density at radius 2 is 1.64 bits per heavy atom. The highest BCUT2D eigenvalue weighted by Gasteiger charge is 2.11. The Kier molecular flexibility index (Phi) is 5.79. The van der Waals surface area contributed by atoms with Crippen LogP contribution in [0.3, 0.4) is 0 Å². The molecule has 2 rings (SSSR count). The lowest BCUT2D eigenvalue weighted by Crippen LogP contribution is -2.15. The molecule has 0 saturated heterocycles. The third-order valence-electron chi connectivity index (χ3n) is 3.38. The van der Waals surface area contributed by atoms with Crippen molar-refractivity contribution in [1.29, 1.82) is 0 Å². The smallest absolute Gasteiger partial charge is 0.0461 e. The molecule has 0 fully saturated rings. The fraction of sp³-hybridized carbons (Fsp3) is 0.143. The van der Waals surface area contributed by atoms with Crippen molar-refractivity contribution in [1.82, 2.24) is 0 Å². The molecule has 22 heavy (non-hydrogen) atoms. The maximum Gasteiger partial charge on any atom is 0.0461 e. The number of para-hydroxylation sites is 1. The summed E-state index contributed by atoms with van der Waals surface area (Å²) in [6, 6.07) is 19.0. The summed E-state index contributed by atoms with van der Waals surface area (Å²) in [6.45, 7) is 8.10. The number of allylic oxidation sites excluding steroid dienone is 4. The van der Waals surface area contributed by atoms with Gasteiger partial charge in [-0.2, -0.15) is 0 Å². The van der Waals surface area contributed by atoms with Crippen LogP contribution in [0.4, 0.5) is 11.4 Å². The zero-order valence-corrected chi connectivity index (χ0v) is 13.4. The average molecular weight is 289 g/mol. The minimum absolute atomic E-state index is 1.00. The lowest BCUT2D eigenvalue weighted by molar-refractivity contribution is 1.17. The molecule has 0 aromatic heterocycles. The van der Waals surface area contributed by atoms with Crippen LogP contribution >= 0.6 is 0 Å². The number of anilines is 2. The molecule has 1 nitrogen and oxygen atoms in total. The number of hydrogen-bond donors (Lipinski definition) is 0. The molecular weight excluding hydrogens is 266 g/mol. The van der Waals surface area contributed by atoms with Crippen molar-refractivity contribution >= 4 is 11.4 Å². The van der Waals surface area contributed by atoms with Gasteiger partial charge in [0.05, 0.1) is 0 Å². The SMILES string of the molecule is C=C/C=C(\C=C/CC)N(c1ccccc1)c1ccc(C)cc1. The second-order valence-electron chi connectivity index (χ2n) is 5.14. The molecule has 0 aliphatic rings. The van der Waals surface area contributed by atoms with Crippen molar-refractivity contribution in [3.8, 4) is 0 Å². The van der Waals surface area contributed by atoms with E-state index in [1.165, 1.54) is 5.56 Å². The van der Waals surface area contributed by atoms with Crippen LogP contribution in [0.15, 0.2) is 91.2 Å². The highest BCUT2D eigenvalue weighted by atomic mass is 15.1. The van der Waals surface area contributed by atoms with Crippen molar-refractivity contribution in [3.63, 3.8) is 0 Å². The molecule has 2 aromatic rings. The van der Waals surface area contributed by atoms with E-state index in [-0.39, 0.29) is 0 Å². The maximum absolute atomic E-state index is 3.86. The van der Waals surface area contributed by atoms with Crippen LogP contribution < -0.4 is 4.90 Å². The van der Waals surface area contributed by atoms with E-state index in [9.17, 15) is 0 Å². The van der Waals surface area contributed by atoms with Gasteiger partial charge in [-0.15, -0.1) is 0 Å². The van der Waals surface area contributed by atoms with E-state index in [4.69, 9.17) is 0 Å². The molecule has 112 valence electrons. The molecular formula is C21H23N. The lowest BCUT2D eigenvalue weighted by Gasteiger charge is -2.26. The summed E-state index contributed by atoms with van der Waals surface area (Å²) >= 11 is 0. The molecule has 1 heteroatoms. The monoisotopic (exact) mass is 289 g/mol. The van der Waals surface area contributed by atoms with Gasteiger partial charge in [0.25, 0.3) is 0 Å². The van der Waals surface area contributed by atoms with Crippen LogP contribution in [0.2, 0.25) is 0 Å². The first kappa shape index (κ1) is 15.8. The second-order valence-corrected chi connectivity index (χ2v) is 5.14. The van der Waals surface area contributed by atoms with Crippen LogP contribution in [0.25, 0.3) is 0 Å². The fourth-order valence-corrected chi connectivity index (χ4v) is 2.28. The number of benzene rings is 2. The molecule has 0 heterocycles. The Bertz CT molecular complexity index is 648. The molecule has 0 radical (unpaired) electrons. The van der Waals surface area contributed by atoms with Crippen molar-refractivity contribution in [3.05, 3.63) is 96.7 Å². The van der Waals surface area contributed by atoms with E-state index in [2.05, 4.69) is 86.0 Å². The van der Waals surface area contributed by atoms with Gasteiger partial charge in [-0.25, -0.2) is 0 Å². The maximum atomic E-state index is 3.86. The first-order chi connectivity index (χ1) is 10.8. The van der Waals surface area contributed by atoms with Gasteiger partial charge in [-0.1, -0.05) is 61.5 Å². The van der Waals surface area contributed by atoms with E-state index in [1.54, 1.807) is 0 Å². The Labute approximate surface area is 133 Å². The van der Waals surface area contributed by atoms with E-state index in [1.807, 2.05) is 18.2 Å². The normalized spacial score (nSPS) is 11.6. The first-order valence-electron chi connectivity index (χ1n) is 7.67. The standard InChI is InChI=1S/C21H23N/c1-4-6-11-19(10-5-2)22(20-12-8-7-9-13-20)21-16-14-18(3)15-17-21/h5-17H,2,4H2,1,3H3/b11-6-,19-10+. The Morgan fingerprint density at radius 3 is 2.23 bits per heavy atom. The third-order valence-corrected chi connectivity index (χ3v) is 3.38. The molecule has 0 aliphatic carbocycles. The van der Waals surface area contributed by atoms with Crippen LogP contribution in [0.1, 0.15) is 18.9 Å². The summed E-state index contributed by atoms with van der Waals surface area (Å²) in [4.78, 5) is 2.24. The minimum atomic E-state index is 1.00. The van der Waals surface area contributed by atoms with Gasteiger partial charge in [-0.05, 0) is 49.8 Å². The molecule has 0 bridgehead atoms.